The minimum atomic E-state index is -0.536. The van der Waals surface area contributed by atoms with Crippen LogP contribution in [0.25, 0.3) is 11.1 Å². The van der Waals surface area contributed by atoms with Gasteiger partial charge >= 0.3 is 0 Å². The second-order valence-electron chi connectivity index (χ2n) is 8.80. The summed E-state index contributed by atoms with van der Waals surface area (Å²) < 4.78 is 40.0. The predicted molar refractivity (Wildman–Crippen MR) is 124 cm³/mol. The predicted octanol–water partition coefficient (Wildman–Crippen LogP) is 6.57. The maximum absolute atomic E-state index is 13.4. The number of benzene rings is 3. The zero-order valence-electron chi connectivity index (χ0n) is 18.6. The van der Waals surface area contributed by atoms with E-state index in [1.165, 1.54) is 24.3 Å². The van der Waals surface area contributed by atoms with E-state index in [0.717, 1.165) is 55.1 Å². The van der Waals surface area contributed by atoms with Crippen molar-refractivity contribution in [2.24, 2.45) is 5.92 Å². The van der Waals surface area contributed by atoms with Gasteiger partial charge in [0, 0.05) is 25.6 Å². The Morgan fingerprint density at radius 2 is 1.48 bits per heavy atom. The van der Waals surface area contributed by atoms with Crippen LogP contribution in [0.1, 0.15) is 36.8 Å². The largest absolute Gasteiger partial charge is 0.343 e. The molecule has 1 fully saturated rings. The lowest BCUT2D eigenvalue weighted by atomic mass is 9.90. The number of amides is 1. The van der Waals surface area contributed by atoms with E-state index in [1.54, 1.807) is 12.1 Å². The standard InChI is InChI=1S/C28H28F3NO/c29-24-10-7-23(8-11-24)27-4-2-1-3-22(27)9-12-28(33)32-15-13-20(14-16-32)5-6-21-17-25(30)19-26(31)18-21/h1-4,7-8,10-11,17-20H,5-6,9,12-16H2. The summed E-state index contributed by atoms with van der Waals surface area (Å²) in [4.78, 5) is 14.7. The molecule has 0 aliphatic carbocycles. The quantitative estimate of drug-likeness (QED) is 0.398. The first kappa shape index (κ1) is 23.1. The average Bonchev–Trinajstić information content (AvgIpc) is 2.82. The molecule has 0 saturated carbocycles. The molecule has 1 amide bonds. The van der Waals surface area contributed by atoms with Crippen LogP contribution in [0.2, 0.25) is 0 Å². The fourth-order valence-electron chi connectivity index (χ4n) is 4.65. The third-order valence-corrected chi connectivity index (χ3v) is 6.51. The first-order chi connectivity index (χ1) is 16.0. The van der Waals surface area contributed by atoms with Crippen molar-refractivity contribution in [1.82, 2.24) is 4.90 Å². The maximum Gasteiger partial charge on any atom is 0.222 e. The summed E-state index contributed by atoms with van der Waals surface area (Å²) >= 11 is 0. The Bertz CT molecular complexity index is 1070. The number of nitrogens with zero attached hydrogens (tertiary/aromatic N) is 1. The normalized spacial score (nSPS) is 14.5. The van der Waals surface area contributed by atoms with Gasteiger partial charge in [-0.15, -0.1) is 0 Å². The first-order valence-corrected chi connectivity index (χ1v) is 11.5. The van der Waals surface area contributed by atoms with Crippen LogP contribution in [0.5, 0.6) is 0 Å². The minimum absolute atomic E-state index is 0.148. The molecule has 1 heterocycles. The van der Waals surface area contributed by atoms with E-state index in [1.807, 2.05) is 29.2 Å². The van der Waals surface area contributed by atoms with E-state index >= 15 is 0 Å². The lowest BCUT2D eigenvalue weighted by Gasteiger charge is -2.32. The number of likely N-dealkylation sites (tertiary alicyclic amines) is 1. The van der Waals surface area contributed by atoms with Crippen LogP contribution in [0, 0.1) is 23.4 Å². The van der Waals surface area contributed by atoms with E-state index < -0.39 is 11.6 Å². The highest BCUT2D eigenvalue weighted by atomic mass is 19.1. The van der Waals surface area contributed by atoms with E-state index in [9.17, 15) is 18.0 Å². The van der Waals surface area contributed by atoms with Gasteiger partial charge in [0.2, 0.25) is 5.91 Å². The van der Waals surface area contributed by atoms with Gasteiger partial charge in [-0.25, -0.2) is 13.2 Å². The molecule has 0 atom stereocenters. The van der Waals surface area contributed by atoms with Gasteiger partial charge < -0.3 is 4.90 Å². The molecule has 1 aliphatic heterocycles. The number of carbonyl (C=O) groups is 1. The fourth-order valence-corrected chi connectivity index (χ4v) is 4.65. The Hall–Kier alpha value is -3.08. The molecule has 0 bridgehead atoms. The molecule has 0 N–H and O–H groups in total. The number of aryl methyl sites for hydroxylation is 2. The van der Waals surface area contributed by atoms with E-state index in [4.69, 9.17) is 0 Å². The van der Waals surface area contributed by atoms with Crippen LogP contribution in [0.3, 0.4) is 0 Å². The average molecular weight is 452 g/mol. The fraction of sp³-hybridized carbons (Fsp3) is 0.321. The molecule has 3 aromatic rings. The Balaban J connectivity index is 1.26. The number of carbonyl (C=O) groups excluding carboxylic acids is 1. The molecule has 4 rings (SSSR count). The zero-order chi connectivity index (χ0) is 23.2. The summed E-state index contributed by atoms with van der Waals surface area (Å²) in [6.45, 7) is 1.45. The molecule has 0 radical (unpaired) electrons. The van der Waals surface area contributed by atoms with Gasteiger partial charge in [-0.3, -0.25) is 4.79 Å². The minimum Gasteiger partial charge on any atom is -0.343 e. The van der Waals surface area contributed by atoms with Crippen molar-refractivity contribution in [2.75, 3.05) is 13.1 Å². The van der Waals surface area contributed by atoms with Crippen LogP contribution in [0.4, 0.5) is 13.2 Å². The van der Waals surface area contributed by atoms with E-state index in [0.29, 0.717) is 30.7 Å². The summed E-state index contributed by atoms with van der Waals surface area (Å²) in [7, 11) is 0. The van der Waals surface area contributed by atoms with Gasteiger partial charge in [0.15, 0.2) is 0 Å². The summed E-state index contributed by atoms with van der Waals surface area (Å²) in [5.41, 5.74) is 3.73. The Labute approximate surface area is 193 Å². The van der Waals surface area contributed by atoms with Crippen LogP contribution >= 0.6 is 0 Å². The van der Waals surface area contributed by atoms with Gasteiger partial charge in [-0.05, 0) is 84.5 Å². The summed E-state index contributed by atoms with van der Waals surface area (Å²) in [6, 6.07) is 18.0. The number of rotatable bonds is 7. The zero-order valence-corrected chi connectivity index (χ0v) is 18.6. The SMILES string of the molecule is O=C(CCc1ccccc1-c1ccc(F)cc1)N1CCC(CCc2cc(F)cc(F)c2)CC1. The smallest absolute Gasteiger partial charge is 0.222 e. The second kappa shape index (κ2) is 10.7. The summed E-state index contributed by atoms with van der Waals surface area (Å²) in [6.07, 6.45) is 4.41. The summed E-state index contributed by atoms with van der Waals surface area (Å²) in [5.74, 6) is -0.732. The molecule has 0 aromatic heterocycles. The van der Waals surface area contributed by atoms with E-state index in [-0.39, 0.29) is 11.7 Å². The van der Waals surface area contributed by atoms with Crippen LogP contribution < -0.4 is 0 Å². The van der Waals surface area contributed by atoms with E-state index in [2.05, 4.69) is 0 Å². The van der Waals surface area contributed by atoms with Crippen molar-refractivity contribution in [2.45, 2.75) is 38.5 Å². The van der Waals surface area contributed by atoms with Gasteiger partial charge in [0.25, 0.3) is 0 Å². The Morgan fingerprint density at radius 1 is 0.818 bits per heavy atom. The third-order valence-electron chi connectivity index (χ3n) is 6.51. The van der Waals surface area contributed by atoms with Gasteiger partial charge in [0.1, 0.15) is 17.5 Å². The van der Waals surface area contributed by atoms with Crippen molar-refractivity contribution < 1.29 is 18.0 Å². The number of hydrogen-bond donors (Lipinski definition) is 0. The molecule has 1 saturated heterocycles. The number of halogens is 3. The van der Waals surface area contributed by atoms with Crippen molar-refractivity contribution in [3.63, 3.8) is 0 Å². The molecule has 2 nitrogen and oxygen atoms in total. The topological polar surface area (TPSA) is 20.3 Å². The molecule has 0 unspecified atom stereocenters. The highest BCUT2D eigenvalue weighted by molar-refractivity contribution is 5.77. The molecule has 3 aromatic carbocycles. The molecule has 33 heavy (non-hydrogen) atoms. The second-order valence-corrected chi connectivity index (χ2v) is 8.80. The van der Waals surface area contributed by atoms with Crippen LogP contribution in [-0.2, 0) is 17.6 Å². The highest BCUT2D eigenvalue weighted by Crippen LogP contribution is 2.27. The Morgan fingerprint density at radius 3 is 2.18 bits per heavy atom. The summed E-state index contributed by atoms with van der Waals surface area (Å²) in [5, 5.41) is 0. The highest BCUT2D eigenvalue weighted by Gasteiger charge is 2.22. The molecular formula is C28H28F3NO. The van der Waals surface area contributed by atoms with Crippen molar-refractivity contribution in [3.05, 3.63) is 95.3 Å². The lowest BCUT2D eigenvalue weighted by molar-refractivity contribution is -0.132. The molecule has 5 heteroatoms. The monoisotopic (exact) mass is 451 g/mol. The molecule has 1 aliphatic rings. The van der Waals surface area contributed by atoms with Gasteiger partial charge in [-0.2, -0.15) is 0 Å². The number of piperidine rings is 1. The van der Waals surface area contributed by atoms with Crippen molar-refractivity contribution >= 4 is 5.91 Å². The van der Waals surface area contributed by atoms with Gasteiger partial charge in [-0.1, -0.05) is 36.4 Å². The third kappa shape index (κ3) is 6.25. The van der Waals surface area contributed by atoms with Crippen LogP contribution in [-0.4, -0.2) is 23.9 Å². The van der Waals surface area contributed by atoms with Gasteiger partial charge in [0.05, 0.1) is 0 Å². The maximum atomic E-state index is 13.4. The molecule has 172 valence electrons. The molecule has 0 spiro atoms. The number of hydrogen-bond acceptors (Lipinski definition) is 1. The molecular weight excluding hydrogens is 423 g/mol. The lowest BCUT2D eigenvalue weighted by Crippen LogP contribution is -2.38. The van der Waals surface area contributed by atoms with Crippen LogP contribution in [0.15, 0.2) is 66.7 Å². The van der Waals surface area contributed by atoms with Crippen molar-refractivity contribution in [1.29, 1.82) is 0 Å². The Kier molecular flexibility index (Phi) is 7.48. The first-order valence-electron chi connectivity index (χ1n) is 11.5. The van der Waals surface area contributed by atoms with Crippen molar-refractivity contribution in [3.8, 4) is 11.1 Å².